The van der Waals surface area contributed by atoms with Gasteiger partial charge in [-0.05, 0) is 18.4 Å². The monoisotopic (exact) mass is 382 g/mol. The molecule has 1 aliphatic heterocycles. The molecule has 1 fully saturated rings. The van der Waals surface area contributed by atoms with Gasteiger partial charge in [-0.1, -0.05) is 30.3 Å². The summed E-state index contributed by atoms with van der Waals surface area (Å²) in [6.07, 6.45) is 1.15. The Kier molecular flexibility index (Phi) is 5.87. The summed E-state index contributed by atoms with van der Waals surface area (Å²) >= 11 is 0. The molecular weight excluding hydrogens is 356 g/mol. The van der Waals surface area contributed by atoms with Crippen molar-refractivity contribution in [2.24, 2.45) is 0 Å². The van der Waals surface area contributed by atoms with Gasteiger partial charge in [0.25, 0.3) is 0 Å². The number of carbonyl (C=O) groups is 2. The Morgan fingerprint density at radius 2 is 1.54 bits per heavy atom. The molecule has 0 aliphatic carbocycles. The highest BCUT2D eigenvalue weighted by Crippen LogP contribution is 2.37. The molecular formula is C22H26N2O4. The van der Waals surface area contributed by atoms with Crippen LogP contribution < -0.4 is 14.8 Å². The van der Waals surface area contributed by atoms with E-state index in [1.54, 1.807) is 44.2 Å². The molecule has 148 valence electrons. The van der Waals surface area contributed by atoms with Gasteiger partial charge in [0, 0.05) is 43.9 Å². The number of hydrogen-bond acceptors (Lipinski definition) is 4. The molecule has 3 rings (SSSR count). The zero-order valence-electron chi connectivity index (χ0n) is 16.5. The van der Waals surface area contributed by atoms with Gasteiger partial charge in [0.15, 0.2) is 0 Å². The summed E-state index contributed by atoms with van der Waals surface area (Å²) < 4.78 is 10.6. The molecule has 0 saturated carbocycles. The van der Waals surface area contributed by atoms with Crippen LogP contribution in [0.25, 0.3) is 0 Å². The Morgan fingerprint density at radius 1 is 0.964 bits per heavy atom. The van der Waals surface area contributed by atoms with E-state index < -0.39 is 5.41 Å². The molecule has 0 radical (unpaired) electrons. The highest BCUT2D eigenvalue weighted by Gasteiger charge is 2.43. The maximum absolute atomic E-state index is 13.5. The van der Waals surface area contributed by atoms with Crippen LogP contribution in [-0.2, 0) is 15.0 Å². The Hall–Kier alpha value is -3.02. The van der Waals surface area contributed by atoms with Gasteiger partial charge >= 0.3 is 0 Å². The average molecular weight is 382 g/mol. The molecule has 2 aromatic carbocycles. The number of methoxy groups -OCH3 is 2. The predicted octanol–water partition coefficient (Wildman–Crippen LogP) is 3.22. The van der Waals surface area contributed by atoms with E-state index in [-0.39, 0.29) is 11.8 Å². The van der Waals surface area contributed by atoms with Gasteiger partial charge < -0.3 is 19.7 Å². The van der Waals surface area contributed by atoms with Gasteiger partial charge in [-0.2, -0.15) is 0 Å². The molecule has 2 aromatic rings. The van der Waals surface area contributed by atoms with Crippen LogP contribution in [0.3, 0.4) is 0 Å². The molecule has 0 atom stereocenters. The molecule has 1 saturated heterocycles. The first-order chi connectivity index (χ1) is 13.5. The number of nitrogens with zero attached hydrogens (tertiary/aromatic N) is 1. The fourth-order valence-corrected chi connectivity index (χ4v) is 3.74. The van der Waals surface area contributed by atoms with E-state index in [1.165, 1.54) is 0 Å². The summed E-state index contributed by atoms with van der Waals surface area (Å²) in [6.45, 7) is 2.68. The Balaban J connectivity index is 1.91. The summed E-state index contributed by atoms with van der Waals surface area (Å²) in [5.41, 5.74) is 0.889. The van der Waals surface area contributed by atoms with Crippen LogP contribution in [0.2, 0.25) is 0 Å². The summed E-state index contributed by atoms with van der Waals surface area (Å²) in [5.74, 6) is 1.17. The fourth-order valence-electron chi connectivity index (χ4n) is 3.74. The van der Waals surface area contributed by atoms with Crippen molar-refractivity contribution in [1.29, 1.82) is 0 Å². The zero-order valence-corrected chi connectivity index (χ0v) is 16.5. The lowest BCUT2D eigenvalue weighted by molar-refractivity contribution is -0.133. The summed E-state index contributed by atoms with van der Waals surface area (Å²) in [6, 6.07) is 15.1. The van der Waals surface area contributed by atoms with E-state index in [9.17, 15) is 9.59 Å². The fraction of sp³-hybridized carbons (Fsp3) is 0.364. The van der Waals surface area contributed by atoms with Crippen molar-refractivity contribution in [3.8, 4) is 11.5 Å². The van der Waals surface area contributed by atoms with Crippen molar-refractivity contribution in [3.05, 3.63) is 54.1 Å². The lowest BCUT2D eigenvalue weighted by Crippen LogP contribution is -2.50. The Bertz CT molecular complexity index is 821. The molecule has 0 unspecified atom stereocenters. The highest BCUT2D eigenvalue weighted by atomic mass is 16.5. The van der Waals surface area contributed by atoms with Crippen LogP contribution in [0.5, 0.6) is 11.5 Å². The van der Waals surface area contributed by atoms with Gasteiger partial charge in [0.2, 0.25) is 11.8 Å². The van der Waals surface area contributed by atoms with Gasteiger partial charge in [-0.25, -0.2) is 0 Å². The molecule has 1 aliphatic rings. The van der Waals surface area contributed by atoms with Crippen LogP contribution in [0, 0.1) is 0 Å². The molecule has 0 bridgehead atoms. The van der Waals surface area contributed by atoms with Crippen molar-refractivity contribution < 1.29 is 19.1 Å². The van der Waals surface area contributed by atoms with Crippen LogP contribution in [-0.4, -0.2) is 44.0 Å². The molecule has 2 amide bonds. The first-order valence-corrected chi connectivity index (χ1v) is 9.34. The minimum absolute atomic E-state index is 0.0413. The van der Waals surface area contributed by atoms with Crippen molar-refractivity contribution in [1.82, 2.24) is 4.90 Å². The maximum atomic E-state index is 13.5. The number of amides is 2. The molecule has 1 heterocycles. The van der Waals surface area contributed by atoms with E-state index in [4.69, 9.17) is 9.47 Å². The number of hydrogen-bond donors (Lipinski definition) is 1. The lowest BCUT2D eigenvalue weighted by atomic mass is 9.72. The molecule has 6 nitrogen and oxygen atoms in total. The smallest absolute Gasteiger partial charge is 0.235 e. The van der Waals surface area contributed by atoms with Crippen molar-refractivity contribution >= 4 is 17.5 Å². The summed E-state index contributed by atoms with van der Waals surface area (Å²) in [7, 11) is 3.15. The van der Waals surface area contributed by atoms with E-state index in [2.05, 4.69) is 5.32 Å². The lowest BCUT2D eigenvalue weighted by Gasteiger charge is -2.40. The first kappa shape index (κ1) is 19.7. The third kappa shape index (κ3) is 3.96. The van der Waals surface area contributed by atoms with E-state index in [1.807, 2.05) is 30.3 Å². The van der Waals surface area contributed by atoms with Crippen molar-refractivity contribution in [3.63, 3.8) is 0 Å². The van der Waals surface area contributed by atoms with Gasteiger partial charge in [-0.3, -0.25) is 9.59 Å². The van der Waals surface area contributed by atoms with E-state index in [0.29, 0.717) is 43.1 Å². The maximum Gasteiger partial charge on any atom is 0.235 e. The Labute approximate surface area is 165 Å². The number of benzene rings is 2. The molecule has 28 heavy (non-hydrogen) atoms. The third-order valence-corrected chi connectivity index (χ3v) is 5.43. The minimum Gasteiger partial charge on any atom is -0.497 e. The van der Waals surface area contributed by atoms with E-state index in [0.717, 1.165) is 5.56 Å². The standard InChI is InChI=1S/C22H26N2O4/c1-16(25)24-11-9-22(10-12-24,17-7-5-4-6-8-17)21(26)23-18-13-19(27-2)15-20(14-18)28-3/h4-8,13-15H,9-12H2,1-3H3,(H,23,26). The normalized spacial score (nSPS) is 15.6. The van der Waals surface area contributed by atoms with Gasteiger partial charge in [0.1, 0.15) is 11.5 Å². The van der Waals surface area contributed by atoms with Crippen LogP contribution in [0.15, 0.2) is 48.5 Å². The summed E-state index contributed by atoms with van der Waals surface area (Å²) in [5, 5.41) is 3.04. The number of nitrogens with one attached hydrogen (secondary N) is 1. The topological polar surface area (TPSA) is 67.9 Å². The molecule has 1 N–H and O–H groups in total. The van der Waals surface area contributed by atoms with Crippen LogP contribution >= 0.6 is 0 Å². The van der Waals surface area contributed by atoms with Gasteiger partial charge in [0.05, 0.1) is 19.6 Å². The molecule has 6 heteroatoms. The predicted molar refractivity (Wildman–Crippen MR) is 108 cm³/mol. The minimum atomic E-state index is -0.691. The number of anilines is 1. The molecule has 0 aromatic heterocycles. The average Bonchev–Trinajstić information content (AvgIpc) is 2.73. The number of piperidine rings is 1. The third-order valence-electron chi connectivity index (χ3n) is 5.43. The zero-order chi connectivity index (χ0) is 20.1. The SMILES string of the molecule is COc1cc(NC(=O)C2(c3ccccc3)CCN(C(C)=O)CC2)cc(OC)c1. The second-order valence-corrected chi connectivity index (χ2v) is 7.01. The van der Waals surface area contributed by atoms with Crippen molar-refractivity contribution in [2.75, 3.05) is 32.6 Å². The van der Waals surface area contributed by atoms with E-state index >= 15 is 0 Å². The number of carbonyl (C=O) groups excluding carboxylic acids is 2. The van der Waals surface area contributed by atoms with Crippen LogP contribution in [0.4, 0.5) is 5.69 Å². The number of likely N-dealkylation sites (tertiary alicyclic amines) is 1. The Morgan fingerprint density at radius 3 is 2.04 bits per heavy atom. The van der Waals surface area contributed by atoms with Crippen LogP contribution in [0.1, 0.15) is 25.3 Å². The second-order valence-electron chi connectivity index (χ2n) is 7.01. The quantitative estimate of drug-likeness (QED) is 0.862. The second kappa shape index (κ2) is 8.33. The number of rotatable bonds is 5. The number of ether oxygens (including phenoxy) is 2. The van der Waals surface area contributed by atoms with Crippen molar-refractivity contribution in [2.45, 2.75) is 25.2 Å². The van der Waals surface area contributed by atoms with Gasteiger partial charge in [-0.15, -0.1) is 0 Å². The first-order valence-electron chi connectivity index (χ1n) is 9.34. The molecule has 0 spiro atoms. The highest BCUT2D eigenvalue weighted by molar-refractivity contribution is 5.99. The largest absolute Gasteiger partial charge is 0.497 e. The summed E-state index contributed by atoms with van der Waals surface area (Å²) in [4.78, 5) is 27.0.